The highest BCUT2D eigenvalue weighted by Crippen LogP contribution is 2.24. The highest BCUT2D eigenvalue weighted by atomic mass is 32.2. The van der Waals surface area contributed by atoms with E-state index in [0.29, 0.717) is 6.42 Å². The highest BCUT2D eigenvalue weighted by molar-refractivity contribution is 7.91. The minimum atomic E-state index is -2.92. The van der Waals surface area contributed by atoms with Crippen molar-refractivity contribution < 1.29 is 8.42 Å². The lowest BCUT2D eigenvalue weighted by atomic mass is 10.2. The maximum absolute atomic E-state index is 11.7. The lowest BCUT2D eigenvalue weighted by Gasteiger charge is -2.27. The van der Waals surface area contributed by atoms with Gasteiger partial charge in [-0.1, -0.05) is 30.3 Å². The van der Waals surface area contributed by atoms with Gasteiger partial charge in [-0.25, -0.2) is 18.4 Å². The molecule has 1 aliphatic heterocycles. The molecule has 2 aromatic rings. The minimum Gasteiger partial charge on any atom is -0.355 e. The second-order valence-corrected chi connectivity index (χ2v) is 8.63. The van der Waals surface area contributed by atoms with Gasteiger partial charge in [-0.2, -0.15) is 0 Å². The number of rotatable bonds is 6. The van der Waals surface area contributed by atoms with Crippen LogP contribution in [0.4, 0.5) is 11.6 Å². The van der Waals surface area contributed by atoms with E-state index in [0.717, 1.165) is 24.7 Å². The number of aromatic nitrogens is 2. The first kappa shape index (κ1) is 17.7. The third kappa shape index (κ3) is 4.28. The molecule has 1 aliphatic rings. The van der Waals surface area contributed by atoms with Crippen LogP contribution in [0, 0.1) is 0 Å². The standard InChI is InChI=1S/C18H24N4O2S/c1-3-22(12-15-7-5-4-6-8-15)18-11-17(19-14-20-18)21(2)16-9-10-25(23,24)13-16/h4-8,11,14,16H,3,9-10,12-13H2,1-2H3. The van der Waals surface area contributed by atoms with Crippen LogP contribution in [0.5, 0.6) is 0 Å². The molecule has 1 fully saturated rings. The molecule has 0 N–H and O–H groups in total. The van der Waals surface area contributed by atoms with Crippen LogP contribution < -0.4 is 9.80 Å². The van der Waals surface area contributed by atoms with Crippen LogP contribution in [0.15, 0.2) is 42.7 Å². The molecule has 1 unspecified atom stereocenters. The van der Waals surface area contributed by atoms with Crippen LogP contribution in [0.1, 0.15) is 18.9 Å². The summed E-state index contributed by atoms with van der Waals surface area (Å²) in [5.74, 6) is 2.07. The van der Waals surface area contributed by atoms with Crippen LogP contribution in [0.25, 0.3) is 0 Å². The Bertz CT molecular complexity index is 811. The van der Waals surface area contributed by atoms with Crippen LogP contribution in [0.2, 0.25) is 0 Å². The van der Waals surface area contributed by atoms with E-state index < -0.39 is 9.84 Å². The van der Waals surface area contributed by atoms with E-state index in [9.17, 15) is 8.42 Å². The summed E-state index contributed by atoms with van der Waals surface area (Å²) in [5, 5.41) is 0. The summed E-state index contributed by atoms with van der Waals surface area (Å²) in [4.78, 5) is 12.9. The van der Waals surface area contributed by atoms with Gasteiger partial charge in [0.1, 0.15) is 18.0 Å². The summed E-state index contributed by atoms with van der Waals surface area (Å²) in [5.41, 5.74) is 1.22. The Kier molecular flexibility index (Phi) is 5.22. The molecule has 134 valence electrons. The van der Waals surface area contributed by atoms with Gasteiger partial charge in [0, 0.05) is 32.2 Å². The van der Waals surface area contributed by atoms with Crippen molar-refractivity contribution in [1.82, 2.24) is 9.97 Å². The molecule has 2 heterocycles. The number of hydrogen-bond acceptors (Lipinski definition) is 6. The monoisotopic (exact) mass is 360 g/mol. The number of benzene rings is 1. The van der Waals surface area contributed by atoms with Gasteiger partial charge >= 0.3 is 0 Å². The van der Waals surface area contributed by atoms with E-state index in [-0.39, 0.29) is 17.5 Å². The van der Waals surface area contributed by atoms with Crippen molar-refractivity contribution in [2.45, 2.75) is 25.9 Å². The molecule has 0 aliphatic carbocycles. The summed E-state index contributed by atoms with van der Waals surface area (Å²) in [6.07, 6.45) is 2.21. The predicted molar refractivity (Wildman–Crippen MR) is 101 cm³/mol. The number of anilines is 2. The van der Waals surface area contributed by atoms with E-state index in [2.05, 4.69) is 33.9 Å². The molecule has 1 atom stereocenters. The van der Waals surface area contributed by atoms with Crippen LogP contribution in [-0.4, -0.2) is 49.5 Å². The lowest BCUT2D eigenvalue weighted by Crippen LogP contribution is -2.33. The summed E-state index contributed by atoms with van der Waals surface area (Å²) in [6.45, 7) is 3.69. The molecular weight excluding hydrogens is 336 g/mol. The van der Waals surface area contributed by atoms with Gasteiger partial charge in [0.25, 0.3) is 0 Å². The SMILES string of the molecule is CCN(Cc1ccccc1)c1cc(N(C)C2CCS(=O)(=O)C2)ncn1. The summed E-state index contributed by atoms with van der Waals surface area (Å²) < 4.78 is 23.5. The molecule has 1 aromatic heterocycles. The minimum absolute atomic E-state index is 0.0167. The predicted octanol–water partition coefficient (Wildman–Crippen LogP) is 2.13. The van der Waals surface area contributed by atoms with Crippen LogP contribution in [-0.2, 0) is 16.4 Å². The van der Waals surface area contributed by atoms with Gasteiger partial charge in [0.05, 0.1) is 11.5 Å². The first-order valence-corrected chi connectivity index (χ1v) is 10.3. The van der Waals surface area contributed by atoms with Crippen molar-refractivity contribution in [3.63, 3.8) is 0 Å². The molecule has 25 heavy (non-hydrogen) atoms. The summed E-state index contributed by atoms with van der Waals surface area (Å²) in [6, 6.07) is 12.2. The molecule has 7 heteroatoms. The Hall–Kier alpha value is -2.15. The second-order valence-electron chi connectivity index (χ2n) is 6.40. The van der Waals surface area contributed by atoms with Gasteiger partial charge < -0.3 is 9.80 Å². The molecule has 0 bridgehead atoms. The molecule has 0 radical (unpaired) electrons. The first-order valence-electron chi connectivity index (χ1n) is 8.52. The molecular formula is C18H24N4O2S. The van der Waals surface area contributed by atoms with Gasteiger partial charge in [-0.15, -0.1) is 0 Å². The Morgan fingerprint density at radius 3 is 2.52 bits per heavy atom. The van der Waals surface area contributed by atoms with Crippen molar-refractivity contribution in [3.05, 3.63) is 48.3 Å². The van der Waals surface area contributed by atoms with Crippen LogP contribution in [0.3, 0.4) is 0 Å². The highest BCUT2D eigenvalue weighted by Gasteiger charge is 2.31. The average molecular weight is 360 g/mol. The zero-order chi connectivity index (χ0) is 17.9. The van der Waals surface area contributed by atoms with Gasteiger partial charge in [0.15, 0.2) is 9.84 Å². The summed E-state index contributed by atoms with van der Waals surface area (Å²) in [7, 11) is -1.01. The Labute approximate surface area is 149 Å². The number of nitrogens with zero attached hydrogens (tertiary/aromatic N) is 4. The number of hydrogen-bond donors (Lipinski definition) is 0. The summed E-state index contributed by atoms with van der Waals surface area (Å²) >= 11 is 0. The van der Waals surface area contributed by atoms with E-state index in [1.165, 1.54) is 5.56 Å². The molecule has 1 aromatic carbocycles. The van der Waals surface area contributed by atoms with Crippen molar-refractivity contribution >= 4 is 21.5 Å². The molecule has 0 amide bonds. The van der Waals surface area contributed by atoms with Crippen molar-refractivity contribution in [1.29, 1.82) is 0 Å². The van der Waals surface area contributed by atoms with Crippen molar-refractivity contribution in [3.8, 4) is 0 Å². The van der Waals surface area contributed by atoms with Crippen molar-refractivity contribution in [2.24, 2.45) is 0 Å². The zero-order valence-electron chi connectivity index (χ0n) is 14.7. The molecule has 0 spiro atoms. The van der Waals surface area contributed by atoms with E-state index >= 15 is 0 Å². The Morgan fingerprint density at radius 2 is 1.88 bits per heavy atom. The van der Waals surface area contributed by atoms with Gasteiger partial charge in [-0.05, 0) is 18.9 Å². The second kappa shape index (κ2) is 7.39. The maximum atomic E-state index is 11.7. The number of sulfone groups is 1. The third-order valence-corrected chi connectivity index (χ3v) is 6.43. The van der Waals surface area contributed by atoms with Crippen LogP contribution >= 0.6 is 0 Å². The Morgan fingerprint density at radius 1 is 1.16 bits per heavy atom. The lowest BCUT2D eigenvalue weighted by molar-refractivity contribution is 0.600. The van der Waals surface area contributed by atoms with Crippen molar-refractivity contribution in [2.75, 3.05) is 34.9 Å². The van der Waals surface area contributed by atoms with Gasteiger partial charge in [0.2, 0.25) is 0 Å². The Balaban J connectivity index is 1.78. The normalized spacial score (nSPS) is 18.9. The van der Waals surface area contributed by atoms with Gasteiger partial charge in [-0.3, -0.25) is 0 Å². The first-order chi connectivity index (χ1) is 12.0. The fourth-order valence-electron chi connectivity index (χ4n) is 3.13. The maximum Gasteiger partial charge on any atom is 0.152 e. The van der Waals surface area contributed by atoms with E-state index in [1.807, 2.05) is 36.2 Å². The van der Waals surface area contributed by atoms with E-state index in [1.54, 1.807) is 6.33 Å². The van der Waals surface area contributed by atoms with E-state index in [4.69, 9.17) is 0 Å². The molecule has 3 rings (SSSR count). The quantitative estimate of drug-likeness (QED) is 0.786. The topological polar surface area (TPSA) is 66.4 Å². The fraction of sp³-hybridized carbons (Fsp3) is 0.444. The molecule has 6 nitrogen and oxygen atoms in total. The molecule has 1 saturated heterocycles. The smallest absolute Gasteiger partial charge is 0.152 e. The molecule has 0 saturated carbocycles. The zero-order valence-corrected chi connectivity index (χ0v) is 15.5. The fourth-order valence-corrected chi connectivity index (χ4v) is 4.90. The average Bonchev–Trinajstić information content (AvgIpc) is 3.00. The third-order valence-electron chi connectivity index (χ3n) is 4.68. The largest absolute Gasteiger partial charge is 0.355 e.